The molecule has 0 aliphatic rings. The average molecular weight is 202 g/mol. The molecule has 0 aromatic rings. The third kappa shape index (κ3) is 6.86. The molecule has 4 heteroatoms. The molecule has 0 fully saturated rings. The van der Waals surface area contributed by atoms with Gasteiger partial charge in [0.25, 0.3) is 0 Å². The first-order valence-corrected chi connectivity index (χ1v) is 5.00. The van der Waals surface area contributed by atoms with Gasteiger partial charge in [-0.25, -0.2) is 0 Å². The van der Waals surface area contributed by atoms with E-state index in [1.165, 1.54) is 0 Å². The summed E-state index contributed by atoms with van der Waals surface area (Å²) in [6.45, 7) is 4.52. The standard InChI is InChI=1S/C10H22N2O2/c1-8(2)5-9(7-13)11-10(14)6-12(3)4/h8-9,13H,5-7H2,1-4H3,(H,11,14). The minimum Gasteiger partial charge on any atom is -0.394 e. The molecule has 4 nitrogen and oxygen atoms in total. The molecule has 1 amide bonds. The fourth-order valence-corrected chi connectivity index (χ4v) is 1.31. The van der Waals surface area contributed by atoms with Crippen LogP contribution in [0.25, 0.3) is 0 Å². The zero-order valence-corrected chi connectivity index (χ0v) is 9.58. The van der Waals surface area contributed by atoms with Gasteiger partial charge in [-0.15, -0.1) is 0 Å². The lowest BCUT2D eigenvalue weighted by Gasteiger charge is -2.19. The maximum atomic E-state index is 11.3. The Kier molecular flexibility index (Phi) is 6.49. The SMILES string of the molecule is CC(C)CC(CO)NC(=O)CN(C)C. The first-order chi connectivity index (χ1) is 6.45. The van der Waals surface area contributed by atoms with E-state index in [9.17, 15) is 4.79 Å². The van der Waals surface area contributed by atoms with Crippen LogP contribution in [0.2, 0.25) is 0 Å². The van der Waals surface area contributed by atoms with Crippen LogP contribution >= 0.6 is 0 Å². The summed E-state index contributed by atoms with van der Waals surface area (Å²) in [4.78, 5) is 13.1. The predicted molar refractivity (Wildman–Crippen MR) is 57.0 cm³/mol. The molecule has 0 aromatic carbocycles. The molecule has 0 radical (unpaired) electrons. The van der Waals surface area contributed by atoms with Crippen molar-refractivity contribution < 1.29 is 9.90 Å². The summed E-state index contributed by atoms with van der Waals surface area (Å²) in [6, 6.07) is -0.109. The highest BCUT2D eigenvalue weighted by Crippen LogP contribution is 2.03. The van der Waals surface area contributed by atoms with Crippen molar-refractivity contribution in [3.8, 4) is 0 Å². The van der Waals surface area contributed by atoms with Gasteiger partial charge >= 0.3 is 0 Å². The molecule has 0 saturated carbocycles. The van der Waals surface area contributed by atoms with Gasteiger partial charge in [0.15, 0.2) is 0 Å². The van der Waals surface area contributed by atoms with Gasteiger partial charge in [-0.1, -0.05) is 13.8 Å². The Bertz CT molecular complexity index is 170. The van der Waals surface area contributed by atoms with Gasteiger partial charge in [0.2, 0.25) is 5.91 Å². The van der Waals surface area contributed by atoms with Gasteiger partial charge in [0.1, 0.15) is 0 Å². The first-order valence-electron chi connectivity index (χ1n) is 5.00. The molecular formula is C10H22N2O2. The fraction of sp³-hybridized carbons (Fsp3) is 0.900. The van der Waals surface area contributed by atoms with E-state index in [4.69, 9.17) is 5.11 Å². The Hall–Kier alpha value is -0.610. The number of carbonyl (C=O) groups excluding carboxylic acids is 1. The van der Waals surface area contributed by atoms with Crippen LogP contribution in [-0.4, -0.2) is 49.2 Å². The summed E-state index contributed by atoms with van der Waals surface area (Å²) < 4.78 is 0. The van der Waals surface area contributed by atoms with Crippen molar-refractivity contribution >= 4 is 5.91 Å². The smallest absolute Gasteiger partial charge is 0.234 e. The number of rotatable bonds is 6. The van der Waals surface area contributed by atoms with Crippen molar-refractivity contribution in [1.29, 1.82) is 0 Å². The molecule has 1 atom stereocenters. The van der Waals surface area contributed by atoms with E-state index < -0.39 is 0 Å². The topological polar surface area (TPSA) is 52.6 Å². The van der Waals surface area contributed by atoms with Crippen molar-refractivity contribution in [2.45, 2.75) is 26.3 Å². The van der Waals surface area contributed by atoms with E-state index >= 15 is 0 Å². The van der Waals surface area contributed by atoms with Gasteiger partial charge in [-0.2, -0.15) is 0 Å². The summed E-state index contributed by atoms with van der Waals surface area (Å²) in [5, 5.41) is 11.8. The summed E-state index contributed by atoms with van der Waals surface area (Å²) >= 11 is 0. The van der Waals surface area contributed by atoms with Crippen LogP contribution in [0.5, 0.6) is 0 Å². The Morgan fingerprint density at radius 2 is 2.00 bits per heavy atom. The zero-order valence-electron chi connectivity index (χ0n) is 9.58. The molecule has 1 unspecified atom stereocenters. The second kappa shape index (κ2) is 6.79. The number of hydrogen-bond donors (Lipinski definition) is 2. The molecule has 84 valence electrons. The Balaban J connectivity index is 3.86. The van der Waals surface area contributed by atoms with Crippen molar-refractivity contribution in [3.05, 3.63) is 0 Å². The van der Waals surface area contributed by atoms with Gasteiger partial charge in [-0.3, -0.25) is 4.79 Å². The Labute approximate surface area is 86.3 Å². The van der Waals surface area contributed by atoms with Crippen LogP contribution < -0.4 is 5.32 Å². The third-order valence-electron chi connectivity index (χ3n) is 1.80. The number of carbonyl (C=O) groups is 1. The van der Waals surface area contributed by atoms with E-state index in [0.717, 1.165) is 6.42 Å². The van der Waals surface area contributed by atoms with Crippen LogP contribution in [0.3, 0.4) is 0 Å². The van der Waals surface area contributed by atoms with E-state index in [-0.39, 0.29) is 18.6 Å². The minimum absolute atomic E-state index is 0.0113. The van der Waals surface area contributed by atoms with Crippen LogP contribution in [0.15, 0.2) is 0 Å². The largest absolute Gasteiger partial charge is 0.394 e. The van der Waals surface area contributed by atoms with Gasteiger partial charge < -0.3 is 15.3 Å². The predicted octanol–water partition coefficient (Wildman–Crippen LogP) is 0.0712. The maximum Gasteiger partial charge on any atom is 0.234 e. The number of aliphatic hydroxyl groups is 1. The van der Waals surface area contributed by atoms with E-state index in [0.29, 0.717) is 12.5 Å². The molecule has 0 spiro atoms. The summed E-state index contributed by atoms with van der Waals surface area (Å²) in [5.74, 6) is 0.446. The molecule has 0 heterocycles. The van der Waals surface area contributed by atoms with Crippen molar-refractivity contribution in [2.75, 3.05) is 27.2 Å². The first kappa shape index (κ1) is 13.4. The van der Waals surface area contributed by atoms with Crippen LogP contribution in [0, 0.1) is 5.92 Å². The summed E-state index contributed by atoms with van der Waals surface area (Å²) in [5.41, 5.74) is 0. The molecule has 0 aromatic heterocycles. The number of nitrogens with one attached hydrogen (secondary N) is 1. The molecule has 0 saturated heterocycles. The highest BCUT2D eigenvalue weighted by atomic mass is 16.3. The fourth-order valence-electron chi connectivity index (χ4n) is 1.31. The van der Waals surface area contributed by atoms with Crippen molar-refractivity contribution in [3.63, 3.8) is 0 Å². The molecule has 2 N–H and O–H groups in total. The van der Waals surface area contributed by atoms with Crippen LogP contribution in [-0.2, 0) is 4.79 Å². The summed E-state index contributed by atoms with van der Waals surface area (Å²) in [7, 11) is 3.69. The third-order valence-corrected chi connectivity index (χ3v) is 1.80. The monoisotopic (exact) mass is 202 g/mol. The summed E-state index contributed by atoms with van der Waals surface area (Å²) in [6.07, 6.45) is 0.815. The van der Waals surface area contributed by atoms with Crippen molar-refractivity contribution in [2.24, 2.45) is 5.92 Å². The number of amides is 1. The van der Waals surface area contributed by atoms with Crippen molar-refractivity contribution in [1.82, 2.24) is 10.2 Å². The lowest BCUT2D eigenvalue weighted by atomic mass is 10.0. The quantitative estimate of drug-likeness (QED) is 0.641. The molecular weight excluding hydrogens is 180 g/mol. The number of likely N-dealkylation sites (N-methyl/N-ethyl adjacent to an activating group) is 1. The number of aliphatic hydroxyl groups excluding tert-OH is 1. The van der Waals surface area contributed by atoms with Crippen LogP contribution in [0.4, 0.5) is 0 Å². The number of nitrogens with zero attached hydrogens (tertiary/aromatic N) is 1. The van der Waals surface area contributed by atoms with Crippen LogP contribution in [0.1, 0.15) is 20.3 Å². The average Bonchev–Trinajstić information content (AvgIpc) is 2.00. The molecule has 0 bridgehead atoms. The Morgan fingerprint density at radius 3 is 2.36 bits per heavy atom. The second-order valence-electron chi connectivity index (χ2n) is 4.31. The van der Waals surface area contributed by atoms with Gasteiger partial charge in [-0.05, 0) is 26.4 Å². The van der Waals surface area contributed by atoms with E-state index in [1.54, 1.807) is 4.90 Å². The highest BCUT2D eigenvalue weighted by Gasteiger charge is 2.12. The van der Waals surface area contributed by atoms with E-state index in [2.05, 4.69) is 19.2 Å². The second-order valence-corrected chi connectivity index (χ2v) is 4.31. The highest BCUT2D eigenvalue weighted by molar-refractivity contribution is 5.78. The molecule has 14 heavy (non-hydrogen) atoms. The van der Waals surface area contributed by atoms with E-state index in [1.807, 2.05) is 14.1 Å². The normalized spacial score (nSPS) is 13.4. The molecule has 0 aliphatic carbocycles. The minimum atomic E-state index is -0.109. The zero-order chi connectivity index (χ0) is 11.1. The van der Waals surface area contributed by atoms with Gasteiger partial charge in [0, 0.05) is 0 Å². The lowest BCUT2D eigenvalue weighted by molar-refractivity contribution is -0.122. The van der Waals surface area contributed by atoms with Gasteiger partial charge in [0.05, 0.1) is 19.2 Å². The molecule has 0 rings (SSSR count). The lowest BCUT2D eigenvalue weighted by Crippen LogP contribution is -2.42. The molecule has 0 aliphatic heterocycles. The Morgan fingerprint density at radius 1 is 1.43 bits per heavy atom. The maximum absolute atomic E-state index is 11.3. The number of hydrogen-bond acceptors (Lipinski definition) is 3.